The Morgan fingerprint density at radius 2 is 1.88 bits per heavy atom. The van der Waals surface area contributed by atoms with Gasteiger partial charge in [0.15, 0.2) is 0 Å². The van der Waals surface area contributed by atoms with Crippen LogP contribution in [0.5, 0.6) is 0 Å². The molecule has 0 aliphatic heterocycles. The van der Waals surface area contributed by atoms with Crippen molar-refractivity contribution in [3.63, 3.8) is 0 Å². The molecule has 2 rings (SSSR count). The minimum atomic E-state index is -1.02. The zero-order valence-electron chi connectivity index (χ0n) is 10.1. The lowest BCUT2D eigenvalue weighted by Gasteiger charge is -2.24. The van der Waals surface area contributed by atoms with Gasteiger partial charge < -0.3 is 5.11 Å². The molecule has 1 unspecified atom stereocenters. The maximum Gasteiger partial charge on any atom is 0.122 e. The molecule has 2 aromatic rings. The SMILES string of the molecule is Cc1ccc(C(C)(O)c2sccc2Cl)cc1C. The van der Waals surface area contributed by atoms with E-state index in [9.17, 15) is 5.11 Å². The van der Waals surface area contributed by atoms with Crippen molar-refractivity contribution >= 4 is 22.9 Å². The first-order chi connectivity index (χ1) is 7.93. The van der Waals surface area contributed by atoms with Gasteiger partial charge in [-0.3, -0.25) is 0 Å². The quantitative estimate of drug-likeness (QED) is 0.860. The molecule has 1 N–H and O–H groups in total. The second kappa shape index (κ2) is 4.45. The van der Waals surface area contributed by atoms with Crippen LogP contribution in [-0.2, 0) is 5.60 Å². The van der Waals surface area contributed by atoms with Crippen LogP contribution in [0.1, 0.15) is 28.5 Å². The van der Waals surface area contributed by atoms with E-state index in [0.717, 1.165) is 10.4 Å². The summed E-state index contributed by atoms with van der Waals surface area (Å²) in [4.78, 5) is 0.794. The van der Waals surface area contributed by atoms with Crippen LogP contribution >= 0.6 is 22.9 Å². The highest BCUT2D eigenvalue weighted by Crippen LogP contribution is 2.38. The molecule has 0 fully saturated rings. The molecular weight excluding hydrogens is 252 g/mol. The van der Waals surface area contributed by atoms with Crippen LogP contribution in [0.4, 0.5) is 0 Å². The van der Waals surface area contributed by atoms with Crippen molar-refractivity contribution in [1.29, 1.82) is 0 Å². The molecule has 0 radical (unpaired) electrons. The van der Waals surface area contributed by atoms with Gasteiger partial charge >= 0.3 is 0 Å². The number of hydrogen-bond acceptors (Lipinski definition) is 2. The predicted molar refractivity (Wildman–Crippen MR) is 73.9 cm³/mol. The third kappa shape index (κ3) is 2.25. The van der Waals surface area contributed by atoms with E-state index < -0.39 is 5.60 Å². The number of benzene rings is 1. The van der Waals surface area contributed by atoms with Crippen molar-refractivity contribution in [2.24, 2.45) is 0 Å². The van der Waals surface area contributed by atoms with Gasteiger partial charge in [-0.05, 0) is 48.9 Å². The van der Waals surface area contributed by atoms with Crippen molar-refractivity contribution < 1.29 is 5.11 Å². The predicted octanol–water partition coefficient (Wildman–Crippen LogP) is 4.27. The summed E-state index contributed by atoms with van der Waals surface area (Å²) in [7, 11) is 0. The van der Waals surface area contributed by atoms with Crippen LogP contribution < -0.4 is 0 Å². The van der Waals surface area contributed by atoms with E-state index in [0.29, 0.717) is 5.02 Å². The van der Waals surface area contributed by atoms with Gasteiger partial charge in [0, 0.05) is 0 Å². The maximum absolute atomic E-state index is 10.7. The zero-order chi connectivity index (χ0) is 12.6. The molecule has 90 valence electrons. The van der Waals surface area contributed by atoms with Crippen molar-refractivity contribution in [1.82, 2.24) is 0 Å². The van der Waals surface area contributed by atoms with Gasteiger partial charge in [-0.2, -0.15) is 0 Å². The first-order valence-electron chi connectivity index (χ1n) is 5.46. The summed E-state index contributed by atoms with van der Waals surface area (Å²) >= 11 is 7.58. The van der Waals surface area contributed by atoms with Gasteiger partial charge in [0.05, 0.1) is 9.90 Å². The minimum Gasteiger partial charge on any atom is -0.380 e. The molecule has 3 heteroatoms. The first kappa shape index (κ1) is 12.6. The summed E-state index contributed by atoms with van der Waals surface area (Å²) in [5.74, 6) is 0. The van der Waals surface area contributed by atoms with Crippen LogP contribution in [0.15, 0.2) is 29.6 Å². The smallest absolute Gasteiger partial charge is 0.122 e. The Bertz CT molecular complexity index is 543. The second-order valence-electron chi connectivity index (χ2n) is 4.47. The van der Waals surface area contributed by atoms with E-state index in [4.69, 9.17) is 11.6 Å². The van der Waals surface area contributed by atoms with Gasteiger partial charge in [-0.25, -0.2) is 0 Å². The summed E-state index contributed by atoms with van der Waals surface area (Å²) in [6, 6.07) is 7.82. The molecule has 0 aliphatic carbocycles. The van der Waals surface area contributed by atoms with Crippen molar-refractivity contribution in [3.8, 4) is 0 Å². The number of aryl methyl sites for hydroxylation is 2. The first-order valence-corrected chi connectivity index (χ1v) is 6.72. The summed E-state index contributed by atoms with van der Waals surface area (Å²) in [5.41, 5.74) is 2.26. The number of thiophene rings is 1. The van der Waals surface area contributed by atoms with Crippen molar-refractivity contribution in [3.05, 3.63) is 56.2 Å². The molecule has 0 amide bonds. The Labute approximate surface area is 111 Å². The Hall–Kier alpha value is -0.830. The molecule has 0 saturated carbocycles. The summed E-state index contributed by atoms with van der Waals surface area (Å²) < 4.78 is 0. The van der Waals surface area contributed by atoms with Crippen molar-refractivity contribution in [2.45, 2.75) is 26.4 Å². The highest BCUT2D eigenvalue weighted by molar-refractivity contribution is 7.10. The lowest BCUT2D eigenvalue weighted by atomic mass is 9.92. The average Bonchev–Trinajstić information content (AvgIpc) is 2.69. The highest BCUT2D eigenvalue weighted by Gasteiger charge is 2.29. The van der Waals surface area contributed by atoms with E-state index >= 15 is 0 Å². The molecule has 1 nitrogen and oxygen atoms in total. The van der Waals surface area contributed by atoms with Crippen LogP contribution in [0.3, 0.4) is 0 Å². The molecule has 0 spiro atoms. The highest BCUT2D eigenvalue weighted by atomic mass is 35.5. The second-order valence-corrected chi connectivity index (χ2v) is 5.79. The lowest BCUT2D eigenvalue weighted by Crippen LogP contribution is -2.21. The maximum atomic E-state index is 10.7. The Balaban J connectivity index is 2.51. The van der Waals surface area contributed by atoms with Gasteiger partial charge in [0.1, 0.15) is 5.60 Å². The fourth-order valence-electron chi connectivity index (χ4n) is 1.82. The van der Waals surface area contributed by atoms with Gasteiger partial charge in [-0.15, -0.1) is 11.3 Å². The largest absolute Gasteiger partial charge is 0.380 e. The van der Waals surface area contributed by atoms with Crippen LogP contribution in [0, 0.1) is 13.8 Å². The third-order valence-corrected chi connectivity index (χ3v) is 4.68. The van der Waals surface area contributed by atoms with E-state index in [1.807, 2.05) is 36.6 Å². The standard InChI is InChI=1S/C14H15ClOS/c1-9-4-5-11(8-10(9)2)14(3,16)13-12(15)6-7-17-13/h4-8,16H,1-3H3. The molecule has 1 aromatic heterocycles. The zero-order valence-corrected chi connectivity index (χ0v) is 11.7. The summed E-state index contributed by atoms with van der Waals surface area (Å²) in [6.07, 6.45) is 0. The fourth-order valence-corrected chi connectivity index (χ4v) is 3.14. The lowest BCUT2D eigenvalue weighted by molar-refractivity contribution is 0.106. The van der Waals surface area contributed by atoms with E-state index in [1.54, 1.807) is 6.92 Å². The summed E-state index contributed by atoms with van der Waals surface area (Å²) in [6.45, 7) is 5.89. The molecular formula is C14H15ClOS. The molecule has 0 aliphatic rings. The Morgan fingerprint density at radius 1 is 1.18 bits per heavy atom. The Kier molecular flexibility index (Phi) is 3.30. The average molecular weight is 267 g/mol. The van der Waals surface area contributed by atoms with E-state index in [2.05, 4.69) is 6.92 Å². The molecule has 1 heterocycles. The molecule has 17 heavy (non-hydrogen) atoms. The third-order valence-electron chi connectivity index (χ3n) is 3.13. The minimum absolute atomic E-state index is 0.623. The van der Waals surface area contributed by atoms with Gasteiger partial charge in [-0.1, -0.05) is 29.8 Å². The van der Waals surface area contributed by atoms with E-state index in [1.165, 1.54) is 22.5 Å². The normalized spacial score (nSPS) is 14.6. The molecule has 1 aromatic carbocycles. The molecule has 0 bridgehead atoms. The van der Waals surface area contributed by atoms with Crippen molar-refractivity contribution in [2.75, 3.05) is 0 Å². The topological polar surface area (TPSA) is 20.2 Å². The fraction of sp³-hybridized carbons (Fsp3) is 0.286. The Morgan fingerprint density at radius 3 is 2.41 bits per heavy atom. The monoisotopic (exact) mass is 266 g/mol. The van der Waals surface area contributed by atoms with Crippen LogP contribution in [0.25, 0.3) is 0 Å². The number of halogens is 1. The number of hydrogen-bond donors (Lipinski definition) is 1. The molecule has 1 atom stereocenters. The van der Waals surface area contributed by atoms with Crippen LogP contribution in [0.2, 0.25) is 5.02 Å². The van der Waals surface area contributed by atoms with Gasteiger partial charge in [0.2, 0.25) is 0 Å². The van der Waals surface area contributed by atoms with Gasteiger partial charge in [0.25, 0.3) is 0 Å². The van der Waals surface area contributed by atoms with Crippen LogP contribution in [-0.4, -0.2) is 5.11 Å². The van der Waals surface area contributed by atoms with E-state index in [-0.39, 0.29) is 0 Å². The molecule has 0 saturated heterocycles. The number of rotatable bonds is 2. The number of aliphatic hydroxyl groups is 1. The summed E-state index contributed by atoms with van der Waals surface area (Å²) in [5, 5.41) is 13.2.